The zero-order chi connectivity index (χ0) is 20.4. The van der Waals surface area contributed by atoms with Gasteiger partial charge in [-0.3, -0.25) is 4.79 Å². The van der Waals surface area contributed by atoms with Gasteiger partial charge in [-0.25, -0.2) is 0 Å². The van der Waals surface area contributed by atoms with E-state index in [4.69, 9.17) is 30.2 Å². The first-order valence-electron chi connectivity index (χ1n) is 10.3. The Morgan fingerprint density at radius 1 is 0.815 bits per heavy atom. The van der Waals surface area contributed by atoms with Crippen LogP contribution in [0.3, 0.4) is 0 Å². The topological polar surface area (TPSA) is 54.0 Å². The van der Waals surface area contributed by atoms with Gasteiger partial charge in [-0.1, -0.05) is 25.7 Å². The predicted octanol–water partition coefficient (Wildman–Crippen LogP) is 5.35. The molecule has 0 aliphatic rings. The van der Waals surface area contributed by atoms with Crippen LogP contribution in [-0.4, -0.2) is 45.4 Å². The molecule has 0 aromatic carbocycles. The Bertz CT molecular complexity index is 379. The molecule has 0 saturated carbocycles. The van der Waals surface area contributed by atoms with Crippen LogP contribution in [0.5, 0.6) is 0 Å². The fourth-order valence-electron chi connectivity index (χ4n) is 2.80. The molecule has 160 valence electrons. The third kappa shape index (κ3) is 15.6. The van der Waals surface area contributed by atoms with Gasteiger partial charge in [-0.2, -0.15) is 0 Å². The molecule has 0 unspecified atom stereocenters. The van der Waals surface area contributed by atoms with Crippen LogP contribution in [0.2, 0.25) is 6.04 Å². The molecule has 0 aromatic heterocycles. The number of carbonyl (C=O) groups excluding carboxylic acids is 1. The van der Waals surface area contributed by atoms with Gasteiger partial charge < -0.3 is 18.0 Å². The van der Waals surface area contributed by atoms with Crippen LogP contribution >= 0.6 is 24.8 Å². The third-order valence-corrected chi connectivity index (χ3v) is 7.70. The summed E-state index contributed by atoms with van der Waals surface area (Å²) >= 11 is 9.09. The van der Waals surface area contributed by atoms with Crippen LogP contribution in [0.4, 0.5) is 0 Å². The van der Waals surface area contributed by atoms with E-state index in [1.165, 1.54) is 6.42 Å². The van der Waals surface area contributed by atoms with Crippen molar-refractivity contribution in [3.05, 3.63) is 0 Å². The minimum atomic E-state index is -2.57. The molecule has 0 radical (unpaired) electrons. The Kier molecular flexibility index (Phi) is 18.1. The maximum absolute atomic E-state index is 10.7. The molecule has 8 heteroatoms. The molecule has 0 atom stereocenters. The number of ether oxygens (including phenoxy) is 1. The van der Waals surface area contributed by atoms with Gasteiger partial charge in [0.05, 0.1) is 6.61 Å². The maximum Gasteiger partial charge on any atom is 0.501 e. The molecule has 0 heterocycles. The fourth-order valence-corrected chi connectivity index (χ4v) is 5.77. The first kappa shape index (κ1) is 27.0. The van der Waals surface area contributed by atoms with Crippen molar-refractivity contribution in [3.8, 4) is 0 Å². The minimum absolute atomic E-state index is 0.0128. The lowest BCUT2D eigenvalue weighted by Crippen LogP contribution is -2.46. The summed E-state index contributed by atoms with van der Waals surface area (Å²) in [5.74, 6) is 0. The molecular weight excluding hydrogens is 400 g/mol. The second-order valence-electron chi connectivity index (χ2n) is 6.32. The van der Waals surface area contributed by atoms with E-state index in [0.29, 0.717) is 37.9 Å². The van der Waals surface area contributed by atoms with Gasteiger partial charge in [0.15, 0.2) is 10.2 Å². The van der Waals surface area contributed by atoms with Crippen molar-refractivity contribution in [1.82, 2.24) is 0 Å². The van der Waals surface area contributed by atoms with E-state index in [9.17, 15) is 4.79 Å². The van der Waals surface area contributed by atoms with E-state index >= 15 is 0 Å². The predicted molar refractivity (Wildman–Crippen MR) is 120 cm³/mol. The summed E-state index contributed by atoms with van der Waals surface area (Å²) < 4.78 is 23.2. The van der Waals surface area contributed by atoms with Crippen LogP contribution in [0.25, 0.3) is 0 Å². The van der Waals surface area contributed by atoms with Crippen LogP contribution in [0.1, 0.15) is 78.6 Å². The Hall–Kier alpha value is 0.00688. The van der Waals surface area contributed by atoms with Crippen molar-refractivity contribution in [2.45, 2.75) is 84.6 Å². The van der Waals surface area contributed by atoms with Gasteiger partial charge in [0.25, 0.3) is 0 Å². The van der Waals surface area contributed by atoms with E-state index in [0.717, 1.165) is 51.0 Å². The smallest absolute Gasteiger partial charge is 0.487 e. The summed E-state index contributed by atoms with van der Waals surface area (Å²) in [6, 6.07) is 0.750. The van der Waals surface area contributed by atoms with E-state index in [-0.39, 0.29) is 5.12 Å². The van der Waals surface area contributed by atoms with Crippen LogP contribution in [0, 0.1) is 0 Å². The molecule has 5 nitrogen and oxygen atoms in total. The lowest BCUT2D eigenvalue weighted by atomic mass is 10.1. The molecule has 0 fully saturated rings. The first-order valence-corrected chi connectivity index (χ1v) is 13.1. The molecule has 0 bridgehead atoms. The van der Waals surface area contributed by atoms with E-state index in [1.54, 1.807) is 0 Å². The van der Waals surface area contributed by atoms with Crippen LogP contribution in [-0.2, 0) is 22.8 Å². The van der Waals surface area contributed by atoms with Gasteiger partial charge in [0.1, 0.15) is 0 Å². The highest BCUT2D eigenvalue weighted by atomic mass is 32.1. The van der Waals surface area contributed by atoms with Gasteiger partial charge in [-0.05, 0) is 52.3 Å². The largest absolute Gasteiger partial charge is 0.501 e. The van der Waals surface area contributed by atoms with Gasteiger partial charge >= 0.3 is 8.80 Å². The normalized spacial score (nSPS) is 11.6. The SMILES string of the molecule is CCO[Si](CCCOC(=S)CCCCCCCCC(=O)S)(OCC)OCC. The number of thiocarbonyl (C=S) groups is 1. The number of rotatable bonds is 19. The molecule has 0 amide bonds. The Morgan fingerprint density at radius 2 is 1.30 bits per heavy atom. The van der Waals surface area contributed by atoms with E-state index in [2.05, 4.69) is 12.6 Å². The zero-order valence-corrected chi connectivity index (χ0v) is 20.0. The quantitative estimate of drug-likeness (QED) is 0.127. The summed E-state index contributed by atoms with van der Waals surface area (Å²) in [5, 5.41) is 0.674. The van der Waals surface area contributed by atoms with Crippen molar-refractivity contribution >= 4 is 43.8 Å². The standard InChI is InChI=1S/C19H38O5S2Si/c1-4-22-27(23-5-2,24-6-3)17-13-16-21-19(26)15-12-10-8-7-9-11-14-18(20)25/h4-17H2,1-3H3,(H,20,25). The number of hydrogen-bond acceptors (Lipinski definition) is 6. The fraction of sp³-hybridized carbons (Fsp3) is 0.895. The molecule has 0 aliphatic heterocycles. The van der Waals surface area contributed by atoms with Crippen molar-refractivity contribution < 1.29 is 22.8 Å². The average molecular weight is 439 g/mol. The molecular formula is C19H38O5S2Si. The zero-order valence-electron chi connectivity index (χ0n) is 17.3. The monoisotopic (exact) mass is 438 g/mol. The second-order valence-corrected chi connectivity index (χ2v) is 10.0. The maximum atomic E-state index is 10.7. The Morgan fingerprint density at radius 3 is 1.78 bits per heavy atom. The number of unbranched alkanes of at least 4 members (excludes halogenated alkanes) is 5. The molecule has 27 heavy (non-hydrogen) atoms. The van der Waals surface area contributed by atoms with Crippen molar-refractivity contribution in [2.75, 3.05) is 26.4 Å². The number of carbonyl (C=O) groups is 1. The lowest BCUT2D eigenvalue weighted by Gasteiger charge is -2.28. The van der Waals surface area contributed by atoms with Crippen LogP contribution < -0.4 is 0 Å². The van der Waals surface area contributed by atoms with Crippen molar-refractivity contribution in [2.24, 2.45) is 0 Å². The highest BCUT2D eigenvalue weighted by molar-refractivity contribution is 7.96. The summed E-state index contributed by atoms with van der Waals surface area (Å²) in [6.07, 6.45) is 8.81. The Labute approximate surface area is 177 Å². The summed E-state index contributed by atoms with van der Waals surface area (Å²) in [5.41, 5.74) is 0. The third-order valence-electron chi connectivity index (χ3n) is 4.00. The summed E-state index contributed by atoms with van der Waals surface area (Å²) in [7, 11) is -2.57. The first-order chi connectivity index (χ1) is 13.0. The van der Waals surface area contributed by atoms with E-state index in [1.807, 2.05) is 20.8 Å². The lowest BCUT2D eigenvalue weighted by molar-refractivity contribution is -0.110. The van der Waals surface area contributed by atoms with Crippen molar-refractivity contribution in [3.63, 3.8) is 0 Å². The minimum Gasteiger partial charge on any atom is -0.487 e. The molecule has 0 spiro atoms. The second kappa shape index (κ2) is 18.1. The summed E-state index contributed by atoms with van der Waals surface area (Å²) in [6.45, 7) is 8.25. The van der Waals surface area contributed by atoms with Gasteiger partial charge in [0, 0.05) is 38.7 Å². The van der Waals surface area contributed by atoms with E-state index < -0.39 is 8.80 Å². The molecule has 0 N–H and O–H groups in total. The number of thiol groups is 1. The molecule has 0 aliphatic carbocycles. The highest BCUT2D eigenvalue weighted by Crippen LogP contribution is 2.18. The highest BCUT2D eigenvalue weighted by Gasteiger charge is 2.39. The van der Waals surface area contributed by atoms with Gasteiger partial charge in [-0.15, -0.1) is 12.6 Å². The summed E-state index contributed by atoms with van der Waals surface area (Å²) in [4.78, 5) is 10.7. The molecule has 0 rings (SSSR count). The number of hydrogen-bond donors (Lipinski definition) is 1. The van der Waals surface area contributed by atoms with Gasteiger partial charge in [0.2, 0.25) is 0 Å². The Balaban J connectivity index is 3.78. The van der Waals surface area contributed by atoms with Crippen molar-refractivity contribution in [1.29, 1.82) is 0 Å². The van der Waals surface area contributed by atoms with Crippen LogP contribution in [0.15, 0.2) is 0 Å². The molecule has 0 saturated heterocycles. The average Bonchev–Trinajstić information content (AvgIpc) is 2.61. The molecule has 0 aromatic rings.